The van der Waals surface area contributed by atoms with Gasteiger partial charge in [0.15, 0.2) is 13.1 Å². The van der Waals surface area contributed by atoms with Crippen LogP contribution in [-0.2, 0) is 39.3 Å². The Morgan fingerprint density at radius 3 is 2.22 bits per heavy atom. The van der Waals surface area contributed by atoms with E-state index >= 15 is 0 Å². The SMILES string of the molecule is COCCOCC[N+](CCOCCOC)=c1ccc2c(-c3ccccc3)c(C)c(/C=C/C=C3/N(CCCCCC(=O)O)c4ccc(S(=O)(=O)[O-])cc4C3(C)C)oc-2c1. The third-order valence-corrected chi connectivity index (χ3v) is 11.3. The molecule has 12 nitrogen and oxygen atoms in total. The van der Waals surface area contributed by atoms with Crippen LogP contribution >= 0.6 is 0 Å². The van der Waals surface area contributed by atoms with E-state index in [9.17, 15) is 17.8 Å². The number of fused-ring (bicyclic) bond motifs is 2. The predicted molar refractivity (Wildman–Crippen MR) is 224 cm³/mol. The van der Waals surface area contributed by atoms with Crippen LogP contribution in [0.15, 0.2) is 93.9 Å². The van der Waals surface area contributed by atoms with E-state index in [1.165, 1.54) is 12.1 Å². The lowest BCUT2D eigenvalue weighted by Crippen LogP contribution is -2.36. The summed E-state index contributed by atoms with van der Waals surface area (Å²) < 4.78 is 67.0. The van der Waals surface area contributed by atoms with Gasteiger partial charge in [0.25, 0.3) is 0 Å². The van der Waals surface area contributed by atoms with Crippen molar-refractivity contribution in [2.75, 3.05) is 78.4 Å². The number of carboxylic acid groups (broad SMARTS) is 1. The molecule has 5 rings (SSSR count). The molecule has 0 bridgehead atoms. The third-order valence-electron chi connectivity index (χ3n) is 10.4. The Kier molecular flexibility index (Phi) is 16.0. The van der Waals surface area contributed by atoms with Crippen LogP contribution < -0.4 is 14.8 Å². The maximum Gasteiger partial charge on any atom is 0.303 e. The Balaban J connectivity index is 1.57. The van der Waals surface area contributed by atoms with Crippen LogP contribution in [-0.4, -0.2) is 97.5 Å². The summed E-state index contributed by atoms with van der Waals surface area (Å²) in [5, 5.41) is 10.1. The molecule has 1 aliphatic carbocycles. The fourth-order valence-corrected chi connectivity index (χ4v) is 7.86. The van der Waals surface area contributed by atoms with Crippen molar-refractivity contribution in [1.29, 1.82) is 0 Å². The summed E-state index contributed by atoms with van der Waals surface area (Å²) in [6.07, 6.45) is 8.00. The van der Waals surface area contributed by atoms with E-state index in [-0.39, 0.29) is 11.3 Å². The second-order valence-corrected chi connectivity index (χ2v) is 16.1. The van der Waals surface area contributed by atoms with Crippen LogP contribution in [0.25, 0.3) is 28.5 Å². The number of ether oxygens (including phenoxy) is 4. The van der Waals surface area contributed by atoms with E-state index in [0.717, 1.165) is 51.0 Å². The molecule has 2 aromatic rings. The summed E-state index contributed by atoms with van der Waals surface area (Å²) in [4.78, 5) is 13.0. The Hall–Kier alpha value is -4.63. The Labute approximate surface area is 342 Å². The van der Waals surface area contributed by atoms with Crippen molar-refractivity contribution in [1.82, 2.24) is 4.58 Å². The lowest BCUT2D eigenvalue weighted by atomic mass is 9.83. The first kappa shape index (κ1) is 44.5. The predicted octanol–water partition coefficient (Wildman–Crippen LogP) is 6.70. The quantitative estimate of drug-likeness (QED) is 0.0513. The Bertz CT molecular complexity index is 2190. The number of carbonyl (C=O) groups is 1. The molecule has 2 aliphatic heterocycles. The van der Waals surface area contributed by atoms with E-state index in [4.69, 9.17) is 28.5 Å². The number of rotatable bonds is 22. The Morgan fingerprint density at radius 1 is 0.897 bits per heavy atom. The number of carboxylic acids is 1. The van der Waals surface area contributed by atoms with Crippen LogP contribution in [0.2, 0.25) is 0 Å². The molecular formula is C45H56N2O10S. The molecule has 0 fully saturated rings. The lowest BCUT2D eigenvalue weighted by molar-refractivity contribution is -0.137. The molecule has 0 spiro atoms. The van der Waals surface area contributed by atoms with Crippen LogP contribution in [0, 0.1) is 6.92 Å². The van der Waals surface area contributed by atoms with Gasteiger partial charge in [0.1, 0.15) is 34.9 Å². The molecule has 3 aliphatic rings. The standard InChI is InChI=1S/C45H56N2O10S/c1-33-40(15-12-16-42-45(2,3)38-32-36(58(50,51)52)19-21-39(38)47(42)22-11-7-10-17-43(48)49)57-41-31-35(18-20-37(41)44(33)34-13-8-6-9-14-34)46(23-25-55-29-27-53-4)24-26-56-30-28-54-5/h6,8-9,12-16,18-21,31-32H,7,10-11,17,22-30H2,1-5H3,(H-,48,49,50,51,52). The zero-order valence-electron chi connectivity index (χ0n) is 34.2. The number of hydrogen-bond acceptors (Lipinski definition) is 10. The van der Waals surface area contributed by atoms with Gasteiger partial charge >= 0.3 is 5.97 Å². The molecule has 2 heterocycles. The minimum Gasteiger partial charge on any atom is -0.744 e. The van der Waals surface area contributed by atoms with Gasteiger partial charge in [-0.05, 0) is 72.9 Å². The summed E-state index contributed by atoms with van der Waals surface area (Å²) in [7, 11) is -1.36. The van der Waals surface area contributed by atoms with E-state index in [2.05, 4.69) is 46.7 Å². The van der Waals surface area contributed by atoms with Gasteiger partial charge in [0.05, 0.1) is 37.4 Å². The lowest BCUT2D eigenvalue weighted by Gasteiger charge is -2.27. The number of methoxy groups -OCH3 is 2. The van der Waals surface area contributed by atoms with Crippen molar-refractivity contribution in [2.45, 2.75) is 56.8 Å². The first-order chi connectivity index (χ1) is 27.9. The monoisotopic (exact) mass is 816 g/mol. The number of hydrogen-bond donors (Lipinski definition) is 1. The van der Waals surface area contributed by atoms with E-state index in [0.29, 0.717) is 83.6 Å². The highest BCUT2D eigenvalue weighted by atomic mass is 32.2. The van der Waals surface area contributed by atoms with E-state index in [1.54, 1.807) is 20.3 Å². The average molecular weight is 817 g/mol. The molecule has 0 saturated heterocycles. The van der Waals surface area contributed by atoms with Gasteiger partial charge in [0, 0.05) is 61.2 Å². The molecule has 0 radical (unpaired) electrons. The second kappa shape index (κ2) is 20.9. The molecule has 312 valence electrons. The molecule has 2 aromatic carbocycles. The molecule has 0 saturated carbocycles. The first-order valence-electron chi connectivity index (χ1n) is 19.7. The molecule has 13 heteroatoms. The summed E-state index contributed by atoms with van der Waals surface area (Å²) in [5.74, 6) is 0.559. The van der Waals surface area contributed by atoms with Gasteiger partial charge in [-0.15, -0.1) is 0 Å². The fraction of sp³-hybridized carbons (Fsp3) is 0.422. The smallest absolute Gasteiger partial charge is 0.303 e. The molecule has 0 aromatic heterocycles. The van der Waals surface area contributed by atoms with Gasteiger partial charge in [-0.2, -0.15) is 0 Å². The maximum atomic E-state index is 12.0. The van der Waals surface area contributed by atoms with Crippen molar-refractivity contribution < 1.29 is 46.2 Å². The Morgan fingerprint density at radius 2 is 1.59 bits per heavy atom. The molecule has 1 N–H and O–H groups in total. The van der Waals surface area contributed by atoms with Crippen molar-refractivity contribution in [3.8, 4) is 22.5 Å². The van der Waals surface area contributed by atoms with E-state index < -0.39 is 21.5 Å². The molecule has 58 heavy (non-hydrogen) atoms. The van der Waals surface area contributed by atoms with Gasteiger partial charge in [-0.3, -0.25) is 4.79 Å². The highest BCUT2D eigenvalue weighted by molar-refractivity contribution is 7.85. The largest absolute Gasteiger partial charge is 0.744 e. The number of anilines is 1. The fourth-order valence-electron chi connectivity index (χ4n) is 7.36. The number of nitrogens with zero attached hydrogens (tertiary/aromatic N) is 2. The second-order valence-electron chi connectivity index (χ2n) is 14.7. The summed E-state index contributed by atoms with van der Waals surface area (Å²) in [6.45, 7) is 11.0. The number of benzene rings is 3. The van der Waals surface area contributed by atoms with Crippen molar-refractivity contribution in [2.24, 2.45) is 0 Å². The zero-order chi connectivity index (χ0) is 41.7. The van der Waals surface area contributed by atoms with Gasteiger partial charge in [-0.25, -0.2) is 13.0 Å². The highest BCUT2D eigenvalue weighted by Crippen LogP contribution is 2.48. The highest BCUT2D eigenvalue weighted by Gasteiger charge is 2.40. The molecule has 0 amide bonds. The molecule has 0 atom stereocenters. The number of aliphatic carboxylic acids is 1. The maximum absolute atomic E-state index is 12.0. The van der Waals surface area contributed by atoms with Crippen molar-refractivity contribution in [3.05, 3.63) is 107 Å². The topological polar surface area (TPSA) is 151 Å². The third kappa shape index (κ3) is 11.3. The summed E-state index contributed by atoms with van der Waals surface area (Å²) in [5.41, 5.74) is 5.87. The van der Waals surface area contributed by atoms with Crippen LogP contribution in [0.3, 0.4) is 0 Å². The minimum atomic E-state index is -4.66. The first-order valence-corrected chi connectivity index (χ1v) is 21.1. The normalized spacial score (nSPS) is 14.5. The number of allylic oxidation sites excluding steroid dienone is 3. The number of unbranched alkanes of at least 4 members (excludes halogenated alkanes) is 2. The zero-order valence-corrected chi connectivity index (χ0v) is 35.0. The van der Waals surface area contributed by atoms with Crippen LogP contribution in [0.5, 0.6) is 0 Å². The van der Waals surface area contributed by atoms with Crippen LogP contribution in [0.4, 0.5) is 5.69 Å². The summed E-state index contributed by atoms with van der Waals surface area (Å²) in [6, 6.07) is 21.0. The minimum absolute atomic E-state index is 0.101. The molecule has 0 unspecified atom stereocenters. The average Bonchev–Trinajstić information content (AvgIpc) is 3.40. The van der Waals surface area contributed by atoms with Crippen molar-refractivity contribution >= 4 is 27.9 Å². The van der Waals surface area contributed by atoms with Gasteiger partial charge < -0.3 is 37.9 Å². The van der Waals surface area contributed by atoms with Crippen LogP contribution in [0.1, 0.15) is 56.4 Å². The van der Waals surface area contributed by atoms with Gasteiger partial charge in [0.2, 0.25) is 5.36 Å². The molecular weight excluding hydrogens is 761 g/mol. The summed E-state index contributed by atoms with van der Waals surface area (Å²) >= 11 is 0. The van der Waals surface area contributed by atoms with E-state index in [1.807, 2.05) is 50.3 Å². The van der Waals surface area contributed by atoms with Gasteiger partial charge in [-0.1, -0.05) is 56.7 Å². The van der Waals surface area contributed by atoms with Crippen molar-refractivity contribution in [3.63, 3.8) is 0 Å².